The molecule has 0 N–H and O–H groups in total. The van der Waals surface area contributed by atoms with Gasteiger partial charge in [-0.15, -0.1) is 0 Å². The van der Waals surface area contributed by atoms with Crippen molar-refractivity contribution in [1.82, 2.24) is 0 Å². The average molecular weight is 366 g/mol. The van der Waals surface area contributed by atoms with Crippen molar-refractivity contribution in [2.24, 2.45) is 0 Å². The molecule has 0 atom stereocenters. The second-order valence-corrected chi connectivity index (χ2v) is 5.63. The summed E-state index contributed by atoms with van der Waals surface area (Å²) < 4.78 is 15.5. The van der Waals surface area contributed by atoms with Gasteiger partial charge in [-0.25, -0.2) is 14.4 Å². The van der Waals surface area contributed by atoms with Crippen LogP contribution >= 0.6 is 0 Å². The lowest BCUT2D eigenvalue weighted by Gasteiger charge is -2.13. The number of cyclic esters (lactones) is 1. The van der Waals surface area contributed by atoms with E-state index in [4.69, 9.17) is 14.2 Å². The summed E-state index contributed by atoms with van der Waals surface area (Å²) in [4.78, 5) is 37.7. The minimum atomic E-state index is -0.903. The predicted molar refractivity (Wildman–Crippen MR) is 97.5 cm³/mol. The summed E-state index contributed by atoms with van der Waals surface area (Å²) in [5.41, 5.74) is 1.66. The van der Waals surface area contributed by atoms with E-state index in [1.807, 2.05) is 0 Å². The van der Waals surface area contributed by atoms with Gasteiger partial charge in [0.05, 0.1) is 18.8 Å². The minimum absolute atomic E-state index is 0.0604. The van der Waals surface area contributed by atoms with Gasteiger partial charge in [-0.1, -0.05) is 42.5 Å². The van der Waals surface area contributed by atoms with Crippen molar-refractivity contribution in [3.63, 3.8) is 0 Å². The van der Waals surface area contributed by atoms with Crippen LogP contribution in [0.25, 0.3) is 16.9 Å². The molecule has 138 valence electrons. The number of hydrogen-bond acceptors (Lipinski definition) is 6. The van der Waals surface area contributed by atoms with Crippen molar-refractivity contribution in [2.75, 3.05) is 13.2 Å². The third-order valence-corrected chi connectivity index (χ3v) is 3.99. The molecule has 0 bridgehead atoms. The van der Waals surface area contributed by atoms with Crippen molar-refractivity contribution < 1.29 is 28.6 Å². The van der Waals surface area contributed by atoms with E-state index in [1.54, 1.807) is 62.4 Å². The first-order chi connectivity index (χ1) is 13.1. The standard InChI is InChI=1S/C21H18O6/c1-3-25-20(23)17(21(24)26-4-2)18-15-11-7-5-9-13(15)14-10-6-8-12-16(14)19(22)27-18/h5-12H,3-4H2,1-2H3. The van der Waals surface area contributed by atoms with Crippen molar-refractivity contribution in [1.29, 1.82) is 0 Å². The molecule has 0 amide bonds. The van der Waals surface area contributed by atoms with E-state index in [0.29, 0.717) is 22.3 Å². The maximum atomic E-state index is 12.7. The van der Waals surface area contributed by atoms with Crippen LogP contribution < -0.4 is 0 Å². The SMILES string of the molecule is CCOC(=O)C(C(=O)OCC)=C1OC(=O)c2ccccc2-c2ccccc21. The molecule has 3 rings (SSSR count). The zero-order chi connectivity index (χ0) is 19.4. The zero-order valence-electron chi connectivity index (χ0n) is 15.0. The summed E-state index contributed by atoms with van der Waals surface area (Å²) in [7, 11) is 0. The molecule has 1 heterocycles. The first-order valence-corrected chi connectivity index (χ1v) is 8.58. The molecule has 0 spiro atoms. The second kappa shape index (κ2) is 7.86. The van der Waals surface area contributed by atoms with Gasteiger partial charge < -0.3 is 14.2 Å². The smallest absolute Gasteiger partial charge is 0.349 e. The molecule has 1 aliphatic heterocycles. The Balaban J connectivity index is 2.31. The van der Waals surface area contributed by atoms with E-state index in [9.17, 15) is 14.4 Å². The molecule has 27 heavy (non-hydrogen) atoms. The molecule has 0 aliphatic carbocycles. The van der Waals surface area contributed by atoms with Crippen LogP contribution in [0.5, 0.6) is 0 Å². The highest BCUT2D eigenvalue weighted by Crippen LogP contribution is 2.38. The summed E-state index contributed by atoms with van der Waals surface area (Å²) in [5.74, 6) is -2.63. The number of esters is 3. The topological polar surface area (TPSA) is 78.9 Å². The lowest BCUT2D eigenvalue weighted by molar-refractivity contribution is -0.146. The van der Waals surface area contributed by atoms with Gasteiger partial charge in [-0.05, 0) is 31.0 Å². The summed E-state index contributed by atoms with van der Waals surface area (Å²) in [6, 6.07) is 13.9. The van der Waals surface area contributed by atoms with Crippen LogP contribution in [0, 0.1) is 0 Å². The molecule has 0 radical (unpaired) electrons. The highest BCUT2D eigenvalue weighted by atomic mass is 16.6. The fourth-order valence-corrected chi connectivity index (χ4v) is 2.88. The van der Waals surface area contributed by atoms with Gasteiger partial charge in [0.2, 0.25) is 0 Å². The molecule has 2 aromatic rings. The third kappa shape index (κ3) is 3.46. The number of carbonyl (C=O) groups excluding carboxylic acids is 3. The van der Waals surface area contributed by atoms with Gasteiger partial charge in [-0.2, -0.15) is 0 Å². The molecule has 6 nitrogen and oxygen atoms in total. The zero-order valence-corrected chi connectivity index (χ0v) is 15.0. The number of rotatable bonds is 4. The number of carbonyl (C=O) groups is 3. The van der Waals surface area contributed by atoms with E-state index < -0.39 is 23.5 Å². The Bertz CT molecular complexity index is 921. The van der Waals surface area contributed by atoms with Crippen LogP contribution in [-0.4, -0.2) is 31.1 Å². The van der Waals surface area contributed by atoms with Crippen LogP contribution in [0.2, 0.25) is 0 Å². The molecule has 1 aliphatic rings. The van der Waals surface area contributed by atoms with Gasteiger partial charge in [0.15, 0.2) is 11.3 Å². The Morgan fingerprint density at radius 1 is 0.778 bits per heavy atom. The average Bonchev–Trinajstić information content (AvgIpc) is 2.79. The lowest BCUT2D eigenvalue weighted by atomic mass is 9.94. The van der Waals surface area contributed by atoms with Gasteiger partial charge in [-0.3, -0.25) is 0 Å². The normalized spacial score (nSPS) is 12.2. The molecule has 0 aromatic heterocycles. The fourth-order valence-electron chi connectivity index (χ4n) is 2.88. The van der Waals surface area contributed by atoms with Crippen molar-refractivity contribution in [3.8, 4) is 11.1 Å². The second-order valence-electron chi connectivity index (χ2n) is 5.63. The predicted octanol–water partition coefficient (Wildman–Crippen LogP) is 3.36. The van der Waals surface area contributed by atoms with Gasteiger partial charge >= 0.3 is 17.9 Å². The molecule has 0 saturated heterocycles. The Morgan fingerprint density at radius 3 is 1.74 bits per heavy atom. The monoisotopic (exact) mass is 366 g/mol. The first kappa shape index (κ1) is 18.4. The number of ether oxygens (including phenoxy) is 3. The third-order valence-electron chi connectivity index (χ3n) is 3.99. The lowest BCUT2D eigenvalue weighted by Crippen LogP contribution is -2.21. The van der Waals surface area contributed by atoms with Crippen LogP contribution in [-0.2, 0) is 23.8 Å². The Morgan fingerprint density at radius 2 is 1.22 bits per heavy atom. The number of benzene rings is 2. The first-order valence-electron chi connectivity index (χ1n) is 8.58. The molecular formula is C21H18O6. The summed E-state index contributed by atoms with van der Waals surface area (Å²) in [5, 5.41) is 0. The Hall–Kier alpha value is -3.41. The van der Waals surface area contributed by atoms with E-state index in [-0.39, 0.29) is 19.0 Å². The Kier molecular flexibility index (Phi) is 5.35. The van der Waals surface area contributed by atoms with Crippen LogP contribution in [0.1, 0.15) is 29.8 Å². The number of fused-ring (bicyclic) bond motifs is 3. The minimum Gasteiger partial charge on any atom is -0.462 e. The largest absolute Gasteiger partial charge is 0.462 e. The van der Waals surface area contributed by atoms with Gasteiger partial charge in [0, 0.05) is 5.56 Å². The summed E-state index contributed by atoms with van der Waals surface area (Å²) in [6.07, 6.45) is 0. The molecule has 2 aromatic carbocycles. The number of hydrogen-bond donors (Lipinski definition) is 0. The molecule has 6 heteroatoms. The van der Waals surface area contributed by atoms with E-state index in [2.05, 4.69) is 0 Å². The maximum Gasteiger partial charge on any atom is 0.349 e. The van der Waals surface area contributed by atoms with E-state index in [1.165, 1.54) is 0 Å². The van der Waals surface area contributed by atoms with Crippen molar-refractivity contribution in [3.05, 3.63) is 65.2 Å². The van der Waals surface area contributed by atoms with Crippen molar-refractivity contribution >= 4 is 23.7 Å². The molecule has 0 saturated carbocycles. The molecular weight excluding hydrogens is 348 g/mol. The fraction of sp³-hybridized carbons (Fsp3) is 0.190. The quantitative estimate of drug-likeness (QED) is 0.271. The Labute approximate surface area is 156 Å². The van der Waals surface area contributed by atoms with Gasteiger partial charge in [0.25, 0.3) is 0 Å². The van der Waals surface area contributed by atoms with E-state index >= 15 is 0 Å². The molecule has 0 unspecified atom stereocenters. The summed E-state index contributed by atoms with van der Waals surface area (Å²) in [6.45, 7) is 3.36. The van der Waals surface area contributed by atoms with Crippen LogP contribution in [0.4, 0.5) is 0 Å². The maximum absolute atomic E-state index is 12.7. The summed E-state index contributed by atoms with van der Waals surface area (Å²) >= 11 is 0. The molecule has 0 fully saturated rings. The van der Waals surface area contributed by atoms with Crippen molar-refractivity contribution in [2.45, 2.75) is 13.8 Å². The highest BCUT2D eigenvalue weighted by Gasteiger charge is 2.33. The van der Waals surface area contributed by atoms with Gasteiger partial charge in [0.1, 0.15) is 0 Å². The van der Waals surface area contributed by atoms with Crippen LogP contribution in [0.3, 0.4) is 0 Å². The van der Waals surface area contributed by atoms with Crippen LogP contribution in [0.15, 0.2) is 54.1 Å². The van der Waals surface area contributed by atoms with E-state index in [0.717, 1.165) is 0 Å². The highest BCUT2D eigenvalue weighted by molar-refractivity contribution is 6.21.